The summed E-state index contributed by atoms with van der Waals surface area (Å²) in [5, 5.41) is 6.53. The van der Waals surface area contributed by atoms with E-state index in [4.69, 9.17) is 0 Å². The van der Waals surface area contributed by atoms with Crippen molar-refractivity contribution in [3.8, 4) is 0 Å². The molecule has 0 aliphatic heterocycles. The van der Waals surface area contributed by atoms with E-state index in [0.29, 0.717) is 0 Å². The van der Waals surface area contributed by atoms with Gasteiger partial charge in [-0.1, -0.05) is 6.92 Å². The maximum atomic E-state index is 4.50. The Morgan fingerprint density at radius 1 is 1.30 bits per heavy atom. The molecule has 0 spiro atoms. The van der Waals surface area contributed by atoms with Crippen LogP contribution in [0.3, 0.4) is 0 Å². The van der Waals surface area contributed by atoms with Crippen molar-refractivity contribution in [2.24, 2.45) is 0 Å². The molecule has 0 unspecified atom stereocenters. The minimum atomic E-state index is 0.759. The van der Waals surface area contributed by atoms with Crippen LogP contribution in [0.4, 0.5) is 11.6 Å². The monoisotopic (exact) mass is 291 g/mol. The van der Waals surface area contributed by atoms with Gasteiger partial charge in [0.05, 0.1) is 17.2 Å². The number of rotatable bonds is 6. The maximum absolute atomic E-state index is 4.50. The average molecular weight is 291 g/mol. The van der Waals surface area contributed by atoms with Crippen molar-refractivity contribution in [1.29, 1.82) is 0 Å². The van der Waals surface area contributed by atoms with Crippen LogP contribution in [0.25, 0.3) is 0 Å². The minimum Gasteiger partial charge on any atom is -0.370 e. The summed E-state index contributed by atoms with van der Waals surface area (Å²) in [5.74, 6) is 1.86. The maximum Gasteiger partial charge on any atom is 0.137 e. The van der Waals surface area contributed by atoms with Crippen LogP contribution >= 0.6 is 11.3 Å². The first kappa shape index (κ1) is 14.7. The average Bonchev–Trinajstić information content (AvgIpc) is 2.83. The highest BCUT2D eigenvalue weighted by atomic mass is 32.1. The van der Waals surface area contributed by atoms with E-state index in [0.717, 1.165) is 47.4 Å². The Kier molecular flexibility index (Phi) is 4.89. The molecule has 0 atom stereocenters. The lowest BCUT2D eigenvalue weighted by atomic mass is 10.2. The first-order valence-corrected chi connectivity index (χ1v) is 7.67. The Morgan fingerprint density at radius 3 is 2.75 bits per heavy atom. The highest BCUT2D eigenvalue weighted by Crippen LogP contribution is 2.22. The molecule has 0 fully saturated rings. The van der Waals surface area contributed by atoms with E-state index in [1.807, 2.05) is 14.0 Å². The van der Waals surface area contributed by atoms with Crippen LogP contribution < -0.4 is 10.2 Å². The molecule has 2 aromatic heterocycles. The van der Waals surface area contributed by atoms with Crippen molar-refractivity contribution in [2.75, 3.05) is 23.8 Å². The summed E-state index contributed by atoms with van der Waals surface area (Å²) in [6, 6.07) is 0. The second-order valence-electron chi connectivity index (χ2n) is 4.81. The van der Waals surface area contributed by atoms with Crippen molar-refractivity contribution in [3.05, 3.63) is 28.0 Å². The van der Waals surface area contributed by atoms with Crippen LogP contribution in [-0.4, -0.2) is 28.5 Å². The lowest BCUT2D eigenvalue weighted by molar-refractivity contribution is 0.856. The molecule has 20 heavy (non-hydrogen) atoms. The standard InChI is InChI=1S/C14H21N5S/c1-5-6-15-13-10(2)14(17-9-16-13)19(4)7-12-8-20-11(3)18-12/h8-9H,5-7H2,1-4H3,(H,15,16,17). The van der Waals surface area contributed by atoms with Gasteiger partial charge in [-0.3, -0.25) is 0 Å². The third-order valence-corrected chi connectivity index (χ3v) is 3.85. The number of hydrogen-bond donors (Lipinski definition) is 1. The number of thiazole rings is 1. The summed E-state index contributed by atoms with van der Waals surface area (Å²) < 4.78 is 0. The summed E-state index contributed by atoms with van der Waals surface area (Å²) in [7, 11) is 2.04. The van der Waals surface area contributed by atoms with E-state index in [2.05, 4.69) is 44.4 Å². The van der Waals surface area contributed by atoms with Crippen molar-refractivity contribution < 1.29 is 0 Å². The Morgan fingerprint density at radius 2 is 2.10 bits per heavy atom. The van der Waals surface area contributed by atoms with E-state index in [1.54, 1.807) is 17.7 Å². The van der Waals surface area contributed by atoms with Crippen LogP contribution in [0.2, 0.25) is 0 Å². The fourth-order valence-electron chi connectivity index (χ4n) is 2.05. The second-order valence-corrected chi connectivity index (χ2v) is 5.87. The smallest absolute Gasteiger partial charge is 0.137 e. The third kappa shape index (κ3) is 3.45. The molecule has 2 heterocycles. The zero-order chi connectivity index (χ0) is 14.5. The van der Waals surface area contributed by atoms with E-state index in [1.165, 1.54) is 0 Å². The molecule has 2 rings (SSSR count). The first-order valence-electron chi connectivity index (χ1n) is 6.79. The van der Waals surface area contributed by atoms with Crippen molar-refractivity contribution in [3.63, 3.8) is 0 Å². The predicted molar refractivity (Wildman–Crippen MR) is 84.5 cm³/mol. The van der Waals surface area contributed by atoms with Gasteiger partial charge in [0.2, 0.25) is 0 Å². The van der Waals surface area contributed by atoms with Crippen LogP contribution in [0.15, 0.2) is 11.7 Å². The first-order chi connectivity index (χ1) is 9.61. The summed E-state index contributed by atoms with van der Waals surface area (Å²) in [6.07, 6.45) is 2.69. The van der Waals surface area contributed by atoms with Gasteiger partial charge in [-0.2, -0.15) is 0 Å². The molecule has 1 N–H and O–H groups in total. The number of nitrogens with zero attached hydrogens (tertiary/aromatic N) is 4. The summed E-state index contributed by atoms with van der Waals surface area (Å²) in [5.41, 5.74) is 2.16. The molecule has 0 saturated heterocycles. The quantitative estimate of drug-likeness (QED) is 0.886. The highest BCUT2D eigenvalue weighted by molar-refractivity contribution is 7.09. The molecule has 5 nitrogen and oxygen atoms in total. The van der Waals surface area contributed by atoms with Crippen LogP contribution in [0, 0.1) is 13.8 Å². The SMILES string of the molecule is CCCNc1ncnc(N(C)Cc2csc(C)n2)c1C. The third-order valence-electron chi connectivity index (χ3n) is 3.03. The molecule has 0 saturated carbocycles. The van der Waals surface area contributed by atoms with Crippen molar-refractivity contribution >= 4 is 23.0 Å². The van der Waals surface area contributed by atoms with Crippen molar-refractivity contribution in [2.45, 2.75) is 33.7 Å². The van der Waals surface area contributed by atoms with Gasteiger partial charge in [0.15, 0.2) is 0 Å². The molecular weight excluding hydrogens is 270 g/mol. The van der Waals surface area contributed by atoms with Gasteiger partial charge < -0.3 is 10.2 Å². The topological polar surface area (TPSA) is 53.9 Å². The van der Waals surface area contributed by atoms with Gasteiger partial charge in [0.1, 0.15) is 18.0 Å². The summed E-state index contributed by atoms with van der Waals surface area (Å²) in [6.45, 7) is 7.90. The fourth-order valence-corrected chi connectivity index (χ4v) is 2.65. The molecule has 0 bridgehead atoms. The van der Waals surface area contributed by atoms with Gasteiger partial charge in [-0.25, -0.2) is 15.0 Å². The second kappa shape index (κ2) is 6.65. The lowest BCUT2D eigenvalue weighted by Gasteiger charge is -2.20. The number of aromatic nitrogens is 3. The van der Waals surface area contributed by atoms with Crippen LogP contribution in [-0.2, 0) is 6.54 Å². The number of nitrogens with one attached hydrogen (secondary N) is 1. The predicted octanol–water partition coefficient (Wildman–Crippen LogP) is 3.01. The van der Waals surface area contributed by atoms with E-state index < -0.39 is 0 Å². The fraction of sp³-hybridized carbons (Fsp3) is 0.500. The molecule has 6 heteroatoms. The van der Waals surface area contributed by atoms with Crippen molar-refractivity contribution in [1.82, 2.24) is 15.0 Å². The largest absolute Gasteiger partial charge is 0.370 e. The number of hydrogen-bond acceptors (Lipinski definition) is 6. The van der Waals surface area contributed by atoms with E-state index in [9.17, 15) is 0 Å². The molecule has 0 aliphatic carbocycles. The van der Waals surface area contributed by atoms with E-state index in [-0.39, 0.29) is 0 Å². The Hall–Kier alpha value is -1.69. The zero-order valence-corrected chi connectivity index (χ0v) is 13.3. The van der Waals surface area contributed by atoms with Crippen LogP contribution in [0.5, 0.6) is 0 Å². The molecule has 0 radical (unpaired) electrons. The van der Waals surface area contributed by atoms with Gasteiger partial charge in [0.25, 0.3) is 0 Å². The molecular formula is C14H21N5S. The van der Waals surface area contributed by atoms with Gasteiger partial charge in [0, 0.05) is 24.5 Å². The molecule has 0 aliphatic rings. The zero-order valence-electron chi connectivity index (χ0n) is 12.5. The minimum absolute atomic E-state index is 0.759. The Bertz CT molecular complexity index is 566. The van der Waals surface area contributed by atoms with Crippen LogP contribution in [0.1, 0.15) is 29.6 Å². The molecule has 0 aromatic carbocycles. The number of anilines is 2. The lowest BCUT2D eigenvalue weighted by Crippen LogP contribution is -2.20. The molecule has 108 valence electrons. The highest BCUT2D eigenvalue weighted by Gasteiger charge is 2.12. The van der Waals surface area contributed by atoms with E-state index >= 15 is 0 Å². The number of aryl methyl sites for hydroxylation is 1. The summed E-state index contributed by atoms with van der Waals surface area (Å²) >= 11 is 1.68. The van der Waals surface area contributed by atoms with Gasteiger partial charge in [-0.15, -0.1) is 11.3 Å². The normalized spacial score (nSPS) is 10.6. The van der Waals surface area contributed by atoms with Gasteiger partial charge in [-0.05, 0) is 20.3 Å². The molecule has 2 aromatic rings. The molecule has 0 amide bonds. The van der Waals surface area contributed by atoms with Gasteiger partial charge >= 0.3 is 0 Å². The summed E-state index contributed by atoms with van der Waals surface area (Å²) in [4.78, 5) is 15.3. The Labute approximate surface area is 124 Å². The Balaban J connectivity index is 2.14.